The number of nitrogens with zero attached hydrogens (tertiary/aromatic N) is 1. The van der Waals surface area contributed by atoms with Crippen molar-refractivity contribution in [3.63, 3.8) is 0 Å². The SMILES string of the molecule is CC(CO)CNC(=O)Cc1csc(-c2ccc(Cl)s2)n1. The van der Waals surface area contributed by atoms with Gasteiger partial charge < -0.3 is 10.4 Å². The van der Waals surface area contributed by atoms with Crippen molar-refractivity contribution in [2.75, 3.05) is 13.2 Å². The zero-order valence-electron chi connectivity index (χ0n) is 10.9. The van der Waals surface area contributed by atoms with E-state index in [-0.39, 0.29) is 24.9 Å². The van der Waals surface area contributed by atoms with E-state index in [2.05, 4.69) is 10.3 Å². The second-order valence-corrected chi connectivity index (χ2v) is 7.09. The monoisotopic (exact) mass is 330 g/mol. The molecule has 1 amide bonds. The fraction of sp³-hybridized carbons (Fsp3) is 0.385. The van der Waals surface area contributed by atoms with Gasteiger partial charge in [-0.25, -0.2) is 4.98 Å². The van der Waals surface area contributed by atoms with Crippen molar-refractivity contribution in [1.82, 2.24) is 10.3 Å². The van der Waals surface area contributed by atoms with Crippen LogP contribution < -0.4 is 5.32 Å². The summed E-state index contributed by atoms with van der Waals surface area (Å²) in [5.41, 5.74) is 0.753. The summed E-state index contributed by atoms with van der Waals surface area (Å²) in [6.45, 7) is 2.43. The fourth-order valence-electron chi connectivity index (χ4n) is 1.51. The minimum absolute atomic E-state index is 0.0678. The molecule has 0 aliphatic heterocycles. The number of aliphatic hydroxyl groups is 1. The number of carbonyl (C=O) groups is 1. The number of rotatable bonds is 6. The van der Waals surface area contributed by atoms with Crippen molar-refractivity contribution in [3.8, 4) is 9.88 Å². The van der Waals surface area contributed by atoms with Crippen LogP contribution in [0.1, 0.15) is 12.6 Å². The summed E-state index contributed by atoms with van der Waals surface area (Å²) < 4.78 is 0.729. The summed E-state index contributed by atoms with van der Waals surface area (Å²) >= 11 is 8.88. The van der Waals surface area contributed by atoms with Crippen LogP contribution in [-0.2, 0) is 11.2 Å². The van der Waals surface area contributed by atoms with E-state index in [1.54, 1.807) is 0 Å². The Kier molecular flexibility index (Phi) is 5.54. The third-order valence-corrected chi connectivity index (χ3v) is 4.93. The van der Waals surface area contributed by atoms with Crippen LogP contribution in [0.4, 0.5) is 0 Å². The van der Waals surface area contributed by atoms with E-state index < -0.39 is 0 Å². The van der Waals surface area contributed by atoms with E-state index in [4.69, 9.17) is 16.7 Å². The summed E-state index contributed by atoms with van der Waals surface area (Å²) in [6, 6.07) is 3.77. The molecular weight excluding hydrogens is 316 g/mol. The molecule has 0 aliphatic carbocycles. The Morgan fingerprint density at radius 1 is 1.55 bits per heavy atom. The molecule has 0 radical (unpaired) electrons. The molecular formula is C13H15ClN2O2S2. The molecule has 0 saturated carbocycles. The number of hydrogen-bond acceptors (Lipinski definition) is 5. The van der Waals surface area contributed by atoms with Gasteiger partial charge in [-0.1, -0.05) is 18.5 Å². The highest BCUT2D eigenvalue weighted by Crippen LogP contribution is 2.32. The fourth-order valence-corrected chi connectivity index (χ4v) is 3.44. The van der Waals surface area contributed by atoms with Gasteiger partial charge in [0.15, 0.2) is 0 Å². The molecule has 20 heavy (non-hydrogen) atoms. The average molecular weight is 331 g/mol. The highest BCUT2D eigenvalue weighted by atomic mass is 35.5. The molecule has 2 aromatic rings. The molecule has 0 fully saturated rings. The van der Waals surface area contributed by atoms with Crippen molar-refractivity contribution >= 4 is 40.2 Å². The van der Waals surface area contributed by atoms with Crippen LogP contribution in [0.2, 0.25) is 4.34 Å². The van der Waals surface area contributed by atoms with E-state index in [0.29, 0.717) is 6.54 Å². The molecule has 0 aromatic carbocycles. The molecule has 0 saturated heterocycles. The van der Waals surface area contributed by atoms with Crippen LogP contribution in [0.5, 0.6) is 0 Å². The van der Waals surface area contributed by atoms with Gasteiger partial charge in [-0.05, 0) is 18.1 Å². The minimum Gasteiger partial charge on any atom is -0.396 e. The summed E-state index contributed by atoms with van der Waals surface area (Å²) in [4.78, 5) is 17.2. The highest BCUT2D eigenvalue weighted by Gasteiger charge is 2.11. The van der Waals surface area contributed by atoms with Crippen LogP contribution in [0.15, 0.2) is 17.5 Å². The molecule has 4 nitrogen and oxygen atoms in total. The number of aromatic nitrogens is 1. The molecule has 2 heterocycles. The smallest absolute Gasteiger partial charge is 0.226 e. The lowest BCUT2D eigenvalue weighted by Gasteiger charge is -2.08. The van der Waals surface area contributed by atoms with Gasteiger partial charge in [0.25, 0.3) is 0 Å². The van der Waals surface area contributed by atoms with E-state index >= 15 is 0 Å². The maximum Gasteiger partial charge on any atom is 0.226 e. The first-order valence-corrected chi connectivity index (χ1v) is 8.23. The second-order valence-electron chi connectivity index (χ2n) is 4.52. The van der Waals surface area contributed by atoms with E-state index in [0.717, 1.165) is 19.9 Å². The Bertz CT molecular complexity index is 582. The van der Waals surface area contributed by atoms with Crippen LogP contribution in [0.3, 0.4) is 0 Å². The quantitative estimate of drug-likeness (QED) is 0.856. The number of thiazole rings is 1. The second kappa shape index (κ2) is 7.17. The van der Waals surface area contributed by atoms with Gasteiger partial charge in [0.05, 0.1) is 21.3 Å². The number of aliphatic hydroxyl groups excluding tert-OH is 1. The summed E-state index contributed by atoms with van der Waals surface area (Å²) in [6.07, 6.45) is 0.258. The predicted molar refractivity (Wildman–Crippen MR) is 83.4 cm³/mol. The summed E-state index contributed by atoms with van der Waals surface area (Å²) in [7, 11) is 0. The predicted octanol–water partition coefficient (Wildman–Crippen LogP) is 2.81. The number of hydrogen-bond donors (Lipinski definition) is 2. The van der Waals surface area contributed by atoms with Gasteiger partial charge >= 0.3 is 0 Å². The maximum atomic E-state index is 11.7. The topological polar surface area (TPSA) is 62.2 Å². The third kappa shape index (κ3) is 4.28. The Labute approximate surface area is 130 Å². The third-order valence-electron chi connectivity index (χ3n) is 2.64. The van der Waals surface area contributed by atoms with Crippen molar-refractivity contribution in [1.29, 1.82) is 0 Å². The first kappa shape index (κ1) is 15.4. The number of halogens is 1. The molecule has 1 atom stereocenters. The van der Waals surface area contributed by atoms with Crippen LogP contribution in [0, 0.1) is 5.92 Å². The first-order valence-electron chi connectivity index (χ1n) is 6.16. The van der Waals surface area contributed by atoms with Crippen LogP contribution >= 0.6 is 34.3 Å². The molecule has 2 N–H and O–H groups in total. The number of nitrogens with one attached hydrogen (secondary N) is 1. The largest absolute Gasteiger partial charge is 0.396 e. The van der Waals surface area contributed by atoms with E-state index in [9.17, 15) is 4.79 Å². The normalized spacial score (nSPS) is 12.3. The Hall–Kier alpha value is -0.950. The Morgan fingerprint density at radius 2 is 2.35 bits per heavy atom. The number of thiophene rings is 1. The standard InChI is InChI=1S/C13H15ClN2O2S2/c1-8(6-17)5-15-12(18)4-9-7-19-13(16-9)10-2-3-11(14)20-10/h2-3,7-8,17H,4-6H2,1H3,(H,15,18). The average Bonchev–Trinajstić information content (AvgIpc) is 3.05. The van der Waals surface area contributed by atoms with E-state index in [1.165, 1.54) is 22.7 Å². The molecule has 0 spiro atoms. The van der Waals surface area contributed by atoms with Crippen LogP contribution in [0.25, 0.3) is 9.88 Å². The molecule has 108 valence electrons. The summed E-state index contributed by atoms with van der Waals surface area (Å²) in [5, 5.41) is 14.4. The lowest BCUT2D eigenvalue weighted by Crippen LogP contribution is -2.30. The molecule has 0 aliphatic rings. The Morgan fingerprint density at radius 3 is 3.00 bits per heavy atom. The number of amides is 1. The van der Waals surface area contributed by atoms with Gasteiger partial charge in [0.1, 0.15) is 5.01 Å². The van der Waals surface area contributed by atoms with Gasteiger partial charge in [-0.2, -0.15) is 0 Å². The molecule has 2 rings (SSSR count). The molecule has 7 heteroatoms. The summed E-state index contributed by atoms with van der Waals surface area (Å²) in [5.74, 6) is -0.00966. The van der Waals surface area contributed by atoms with E-state index in [1.807, 2.05) is 24.4 Å². The van der Waals surface area contributed by atoms with Crippen molar-refractivity contribution in [3.05, 3.63) is 27.5 Å². The van der Waals surface area contributed by atoms with Crippen LogP contribution in [-0.4, -0.2) is 29.1 Å². The van der Waals surface area contributed by atoms with Crippen molar-refractivity contribution in [2.45, 2.75) is 13.3 Å². The zero-order valence-corrected chi connectivity index (χ0v) is 13.3. The molecule has 2 aromatic heterocycles. The maximum absolute atomic E-state index is 11.7. The van der Waals surface area contributed by atoms with Gasteiger partial charge in [-0.15, -0.1) is 22.7 Å². The first-order chi connectivity index (χ1) is 9.58. The highest BCUT2D eigenvalue weighted by molar-refractivity contribution is 7.23. The zero-order chi connectivity index (χ0) is 14.5. The number of carbonyl (C=O) groups excluding carboxylic acids is 1. The molecule has 1 unspecified atom stereocenters. The minimum atomic E-state index is -0.0774. The van der Waals surface area contributed by atoms with Crippen molar-refractivity contribution in [2.24, 2.45) is 5.92 Å². The molecule has 0 bridgehead atoms. The Balaban J connectivity index is 1.91. The lowest BCUT2D eigenvalue weighted by molar-refractivity contribution is -0.120. The van der Waals surface area contributed by atoms with Gasteiger partial charge in [0, 0.05) is 18.5 Å². The van der Waals surface area contributed by atoms with Gasteiger partial charge in [0.2, 0.25) is 5.91 Å². The lowest BCUT2D eigenvalue weighted by atomic mass is 10.2. The van der Waals surface area contributed by atoms with Gasteiger partial charge in [-0.3, -0.25) is 4.79 Å². The van der Waals surface area contributed by atoms with Crippen molar-refractivity contribution < 1.29 is 9.90 Å².